The number of carbonyl (C=O) groups excluding carboxylic acids is 1. The van der Waals surface area contributed by atoms with Crippen molar-refractivity contribution in [3.05, 3.63) is 66.4 Å². The minimum absolute atomic E-state index is 0.134. The van der Waals surface area contributed by atoms with Gasteiger partial charge in [-0.05, 0) is 61.6 Å². The molecule has 1 aliphatic rings. The van der Waals surface area contributed by atoms with Crippen LogP contribution in [0.2, 0.25) is 0 Å². The number of nitrogens with zero attached hydrogens (tertiary/aromatic N) is 2. The number of benzene rings is 2. The lowest BCUT2D eigenvalue weighted by Crippen LogP contribution is -2.25. The van der Waals surface area contributed by atoms with E-state index >= 15 is 0 Å². The summed E-state index contributed by atoms with van der Waals surface area (Å²) in [5, 5.41) is 7.70. The predicted molar refractivity (Wildman–Crippen MR) is 116 cm³/mol. The third kappa shape index (κ3) is 5.07. The van der Waals surface area contributed by atoms with Gasteiger partial charge in [0.05, 0.1) is 18.4 Å². The molecular weight excluding hydrogens is 378 g/mol. The lowest BCUT2D eigenvalue weighted by Gasteiger charge is -2.07. The van der Waals surface area contributed by atoms with E-state index in [1.807, 2.05) is 54.6 Å². The Hall–Kier alpha value is -3.12. The van der Waals surface area contributed by atoms with Gasteiger partial charge in [-0.25, -0.2) is 4.68 Å². The van der Waals surface area contributed by atoms with E-state index in [-0.39, 0.29) is 5.91 Å². The maximum absolute atomic E-state index is 12.9. The Morgan fingerprint density at radius 2 is 1.90 bits per heavy atom. The monoisotopic (exact) mass is 405 g/mol. The van der Waals surface area contributed by atoms with Gasteiger partial charge in [0.25, 0.3) is 5.91 Å². The molecule has 1 heterocycles. The van der Waals surface area contributed by atoms with Crippen LogP contribution in [0.4, 0.5) is 0 Å². The van der Waals surface area contributed by atoms with Gasteiger partial charge in [0.2, 0.25) is 0 Å². The highest BCUT2D eigenvalue weighted by Crippen LogP contribution is 2.29. The lowest BCUT2D eigenvalue weighted by atomic mass is 10.1. The van der Waals surface area contributed by atoms with Crippen LogP contribution in [0.1, 0.15) is 29.6 Å². The molecule has 0 aliphatic heterocycles. The number of carbonyl (C=O) groups is 1. The standard InChI is InChI=1S/C24H27N3O3/c1-29-21-12-10-19(11-13-21)23-22(16-27(26-23)20-6-3-2-4-7-20)24(28)25-14-5-15-30-17-18-8-9-18/h2-4,6-7,10-13,16,18H,5,8-9,14-15,17H2,1H3,(H,25,28). The van der Waals surface area contributed by atoms with Gasteiger partial charge >= 0.3 is 0 Å². The normalized spacial score (nSPS) is 13.2. The largest absolute Gasteiger partial charge is 0.497 e. The molecule has 1 fully saturated rings. The van der Waals surface area contributed by atoms with Crippen LogP contribution >= 0.6 is 0 Å². The third-order valence-corrected chi connectivity index (χ3v) is 5.14. The first-order valence-corrected chi connectivity index (χ1v) is 10.4. The van der Waals surface area contributed by atoms with Gasteiger partial charge in [-0.2, -0.15) is 5.10 Å². The second-order valence-electron chi connectivity index (χ2n) is 7.53. The molecule has 2 aromatic carbocycles. The van der Waals surface area contributed by atoms with Crippen LogP contribution < -0.4 is 10.1 Å². The molecule has 0 atom stereocenters. The van der Waals surface area contributed by atoms with Crippen LogP contribution in [0.15, 0.2) is 60.8 Å². The van der Waals surface area contributed by atoms with Crippen molar-refractivity contribution in [3.63, 3.8) is 0 Å². The molecule has 1 saturated carbocycles. The van der Waals surface area contributed by atoms with Crippen molar-refractivity contribution in [2.75, 3.05) is 26.9 Å². The van der Waals surface area contributed by atoms with Crippen LogP contribution in [-0.2, 0) is 4.74 Å². The van der Waals surface area contributed by atoms with Gasteiger partial charge in [0, 0.05) is 31.5 Å². The summed E-state index contributed by atoms with van der Waals surface area (Å²) in [7, 11) is 1.63. The zero-order valence-corrected chi connectivity index (χ0v) is 17.2. The number of hydrogen-bond acceptors (Lipinski definition) is 4. The van der Waals surface area contributed by atoms with Crippen molar-refractivity contribution in [1.82, 2.24) is 15.1 Å². The highest BCUT2D eigenvalue weighted by atomic mass is 16.5. The Balaban J connectivity index is 1.48. The van der Waals surface area contributed by atoms with E-state index in [2.05, 4.69) is 5.32 Å². The first kappa shape index (κ1) is 20.2. The molecule has 6 heteroatoms. The molecule has 6 nitrogen and oxygen atoms in total. The fourth-order valence-corrected chi connectivity index (χ4v) is 3.22. The molecule has 0 spiro atoms. The summed E-state index contributed by atoms with van der Waals surface area (Å²) in [4.78, 5) is 12.9. The van der Waals surface area contributed by atoms with E-state index in [9.17, 15) is 4.79 Å². The first-order chi connectivity index (χ1) is 14.7. The number of amides is 1. The molecule has 0 saturated heterocycles. The topological polar surface area (TPSA) is 65.4 Å². The molecular formula is C24H27N3O3. The number of ether oxygens (including phenoxy) is 2. The molecule has 0 radical (unpaired) electrons. The van der Waals surface area contributed by atoms with E-state index in [4.69, 9.17) is 14.6 Å². The minimum atomic E-state index is -0.134. The van der Waals surface area contributed by atoms with Crippen molar-refractivity contribution in [2.24, 2.45) is 5.92 Å². The Morgan fingerprint density at radius 3 is 2.60 bits per heavy atom. The zero-order valence-electron chi connectivity index (χ0n) is 17.2. The second-order valence-corrected chi connectivity index (χ2v) is 7.53. The van der Waals surface area contributed by atoms with Crippen LogP contribution in [0, 0.1) is 5.92 Å². The van der Waals surface area contributed by atoms with E-state index in [1.165, 1.54) is 12.8 Å². The van der Waals surface area contributed by atoms with Gasteiger partial charge in [-0.3, -0.25) is 4.79 Å². The molecule has 1 amide bonds. The SMILES string of the molecule is COc1ccc(-c2nn(-c3ccccc3)cc2C(=O)NCCCOCC2CC2)cc1. The minimum Gasteiger partial charge on any atom is -0.497 e. The molecule has 4 rings (SSSR count). The van der Waals surface area contributed by atoms with Crippen molar-refractivity contribution in [3.8, 4) is 22.7 Å². The fraction of sp³-hybridized carbons (Fsp3) is 0.333. The number of aromatic nitrogens is 2. The summed E-state index contributed by atoms with van der Waals surface area (Å²) in [5.41, 5.74) is 2.95. The summed E-state index contributed by atoms with van der Waals surface area (Å²) in [6.45, 7) is 2.09. The van der Waals surface area contributed by atoms with Gasteiger partial charge in [-0.15, -0.1) is 0 Å². The Morgan fingerprint density at radius 1 is 1.13 bits per heavy atom. The molecule has 1 aromatic heterocycles. The smallest absolute Gasteiger partial charge is 0.255 e. The van der Waals surface area contributed by atoms with E-state index in [0.29, 0.717) is 24.4 Å². The summed E-state index contributed by atoms with van der Waals surface area (Å²) in [5.74, 6) is 1.39. The van der Waals surface area contributed by atoms with Crippen molar-refractivity contribution < 1.29 is 14.3 Å². The van der Waals surface area contributed by atoms with Gasteiger partial charge < -0.3 is 14.8 Å². The average Bonchev–Trinajstić information content (AvgIpc) is 3.51. The molecule has 0 bridgehead atoms. The van der Waals surface area contributed by atoms with E-state index < -0.39 is 0 Å². The number of nitrogens with one attached hydrogen (secondary N) is 1. The first-order valence-electron chi connectivity index (χ1n) is 10.4. The van der Waals surface area contributed by atoms with Crippen molar-refractivity contribution in [1.29, 1.82) is 0 Å². The van der Waals surface area contributed by atoms with Gasteiger partial charge in [-0.1, -0.05) is 18.2 Å². The van der Waals surface area contributed by atoms with Crippen molar-refractivity contribution >= 4 is 5.91 Å². The summed E-state index contributed by atoms with van der Waals surface area (Å²) < 4.78 is 12.6. The number of rotatable bonds is 10. The van der Waals surface area contributed by atoms with Crippen LogP contribution in [0.3, 0.4) is 0 Å². The summed E-state index contributed by atoms with van der Waals surface area (Å²) in [6, 6.07) is 17.4. The third-order valence-electron chi connectivity index (χ3n) is 5.14. The quantitative estimate of drug-likeness (QED) is 0.516. The zero-order chi connectivity index (χ0) is 20.8. The Bertz CT molecular complexity index is 963. The van der Waals surface area contributed by atoms with E-state index in [0.717, 1.165) is 35.9 Å². The Labute approximate surface area is 176 Å². The highest BCUT2D eigenvalue weighted by molar-refractivity contribution is 5.99. The fourth-order valence-electron chi connectivity index (χ4n) is 3.22. The maximum atomic E-state index is 12.9. The maximum Gasteiger partial charge on any atom is 0.255 e. The number of methoxy groups -OCH3 is 1. The van der Waals surface area contributed by atoms with Crippen molar-refractivity contribution in [2.45, 2.75) is 19.3 Å². The second kappa shape index (κ2) is 9.59. The van der Waals surface area contributed by atoms with Crippen LogP contribution in [-0.4, -0.2) is 42.6 Å². The molecule has 30 heavy (non-hydrogen) atoms. The van der Waals surface area contributed by atoms with E-state index in [1.54, 1.807) is 18.0 Å². The molecule has 156 valence electrons. The van der Waals surface area contributed by atoms with Gasteiger partial charge in [0.15, 0.2) is 0 Å². The Kier molecular flexibility index (Phi) is 6.44. The predicted octanol–water partition coefficient (Wildman–Crippen LogP) is 4.09. The lowest BCUT2D eigenvalue weighted by molar-refractivity contribution is 0.0938. The molecule has 1 N–H and O–H groups in total. The summed E-state index contributed by atoms with van der Waals surface area (Å²) >= 11 is 0. The van der Waals surface area contributed by atoms with Gasteiger partial charge in [0.1, 0.15) is 11.4 Å². The number of hydrogen-bond donors (Lipinski definition) is 1. The number of para-hydroxylation sites is 1. The molecule has 0 unspecified atom stereocenters. The molecule has 3 aromatic rings. The highest BCUT2D eigenvalue weighted by Gasteiger charge is 2.21. The van der Waals surface area contributed by atoms with Crippen LogP contribution in [0.5, 0.6) is 5.75 Å². The average molecular weight is 405 g/mol. The van der Waals surface area contributed by atoms with Crippen LogP contribution in [0.25, 0.3) is 16.9 Å². The summed E-state index contributed by atoms with van der Waals surface area (Å²) in [6.07, 6.45) is 5.16. The molecule has 1 aliphatic carbocycles.